The van der Waals surface area contributed by atoms with Crippen LogP contribution in [0.25, 0.3) is 0 Å². The summed E-state index contributed by atoms with van der Waals surface area (Å²) < 4.78 is 13.5. The molecular formula is C14H13FN2O3S. The maximum absolute atomic E-state index is 13.5. The van der Waals surface area contributed by atoms with Gasteiger partial charge in [-0.15, -0.1) is 11.3 Å². The molecule has 0 aliphatic carbocycles. The molecule has 110 valence electrons. The second kappa shape index (κ2) is 6.45. The normalized spacial score (nSPS) is 11.9. The summed E-state index contributed by atoms with van der Waals surface area (Å²) in [6.45, 7) is 1.85. The van der Waals surface area contributed by atoms with Crippen LogP contribution < -0.4 is 5.32 Å². The Morgan fingerprint density at radius 2 is 2.24 bits per heavy atom. The lowest BCUT2D eigenvalue weighted by atomic mass is 10.1. The van der Waals surface area contributed by atoms with Crippen LogP contribution in [0.5, 0.6) is 0 Å². The molecule has 1 atom stereocenters. The molecule has 0 saturated heterocycles. The fourth-order valence-corrected chi connectivity index (χ4v) is 2.72. The summed E-state index contributed by atoms with van der Waals surface area (Å²) in [4.78, 5) is 22.8. The monoisotopic (exact) mass is 308 g/mol. The van der Waals surface area contributed by atoms with Gasteiger partial charge in [0.1, 0.15) is 0 Å². The number of hydrogen-bond acceptors (Lipinski definition) is 4. The summed E-state index contributed by atoms with van der Waals surface area (Å²) in [5.41, 5.74) is -0.575. The molecule has 0 spiro atoms. The summed E-state index contributed by atoms with van der Waals surface area (Å²) in [7, 11) is 0. The highest BCUT2D eigenvalue weighted by atomic mass is 32.1. The number of nitrogens with zero attached hydrogens (tertiary/aromatic N) is 1. The van der Waals surface area contributed by atoms with Crippen LogP contribution in [0, 0.1) is 15.9 Å². The molecule has 0 bridgehead atoms. The molecule has 0 fully saturated rings. The van der Waals surface area contributed by atoms with Crippen molar-refractivity contribution in [2.45, 2.75) is 19.4 Å². The van der Waals surface area contributed by atoms with Gasteiger partial charge in [0.25, 0.3) is 5.91 Å². The van der Waals surface area contributed by atoms with E-state index < -0.39 is 22.3 Å². The Morgan fingerprint density at radius 1 is 1.48 bits per heavy atom. The molecule has 0 saturated carbocycles. The first-order valence-electron chi connectivity index (χ1n) is 6.24. The Balaban J connectivity index is 2.03. The van der Waals surface area contributed by atoms with Crippen LogP contribution in [0.4, 0.5) is 10.1 Å². The molecule has 2 aromatic rings. The van der Waals surface area contributed by atoms with Gasteiger partial charge in [-0.1, -0.05) is 6.07 Å². The minimum Gasteiger partial charge on any atom is -0.349 e. The van der Waals surface area contributed by atoms with Crippen molar-refractivity contribution in [2.24, 2.45) is 0 Å². The largest absolute Gasteiger partial charge is 0.349 e. The summed E-state index contributed by atoms with van der Waals surface area (Å²) in [5, 5.41) is 15.2. The zero-order chi connectivity index (χ0) is 15.4. The average Bonchev–Trinajstić information content (AvgIpc) is 2.90. The first-order chi connectivity index (χ1) is 9.97. The molecule has 1 aromatic carbocycles. The van der Waals surface area contributed by atoms with Crippen LogP contribution in [-0.4, -0.2) is 16.9 Å². The Kier molecular flexibility index (Phi) is 4.64. The third kappa shape index (κ3) is 3.85. The molecule has 1 unspecified atom stereocenters. The third-order valence-corrected chi connectivity index (χ3v) is 3.77. The van der Waals surface area contributed by atoms with E-state index in [0.29, 0.717) is 6.42 Å². The third-order valence-electron chi connectivity index (χ3n) is 2.87. The van der Waals surface area contributed by atoms with Crippen molar-refractivity contribution in [1.29, 1.82) is 0 Å². The second-order valence-corrected chi connectivity index (χ2v) is 5.61. The van der Waals surface area contributed by atoms with Crippen molar-refractivity contribution in [3.8, 4) is 0 Å². The molecule has 0 aliphatic heterocycles. The number of nitro groups is 1. The molecule has 7 heteroatoms. The standard InChI is InChI=1S/C14H13FN2O3S/c1-9(7-11-3-2-6-21-11)16-14(18)10-4-5-13(17(19)20)12(15)8-10/h2-6,8-9H,7H2,1H3,(H,16,18). The smallest absolute Gasteiger partial charge is 0.304 e. The zero-order valence-electron chi connectivity index (χ0n) is 11.2. The first-order valence-corrected chi connectivity index (χ1v) is 7.12. The van der Waals surface area contributed by atoms with Gasteiger partial charge in [-0.05, 0) is 30.5 Å². The lowest BCUT2D eigenvalue weighted by Gasteiger charge is -2.13. The van der Waals surface area contributed by atoms with E-state index in [9.17, 15) is 19.3 Å². The van der Waals surface area contributed by atoms with E-state index in [4.69, 9.17) is 0 Å². The fourth-order valence-electron chi connectivity index (χ4n) is 1.88. The molecule has 0 aliphatic rings. The molecule has 1 N–H and O–H groups in total. The molecule has 1 amide bonds. The van der Waals surface area contributed by atoms with Crippen LogP contribution in [0.3, 0.4) is 0 Å². The number of carbonyl (C=O) groups is 1. The van der Waals surface area contributed by atoms with E-state index in [0.717, 1.165) is 17.0 Å². The summed E-state index contributed by atoms with van der Waals surface area (Å²) >= 11 is 1.60. The fraction of sp³-hybridized carbons (Fsp3) is 0.214. The van der Waals surface area contributed by atoms with Crippen molar-refractivity contribution in [3.05, 3.63) is 62.1 Å². The van der Waals surface area contributed by atoms with Crippen molar-refractivity contribution >= 4 is 22.9 Å². The summed E-state index contributed by atoms with van der Waals surface area (Å²) in [6, 6.07) is 6.90. The van der Waals surface area contributed by atoms with Gasteiger partial charge in [0, 0.05) is 29.0 Å². The molecule has 0 radical (unpaired) electrons. The highest BCUT2D eigenvalue weighted by molar-refractivity contribution is 7.09. The number of carbonyl (C=O) groups excluding carboxylic acids is 1. The quantitative estimate of drug-likeness (QED) is 0.681. The second-order valence-electron chi connectivity index (χ2n) is 4.58. The van der Waals surface area contributed by atoms with E-state index in [1.807, 2.05) is 24.4 Å². The number of nitrogens with one attached hydrogen (secondary N) is 1. The molecule has 2 rings (SSSR count). The van der Waals surface area contributed by atoms with Crippen molar-refractivity contribution in [3.63, 3.8) is 0 Å². The minimum atomic E-state index is -1.02. The zero-order valence-corrected chi connectivity index (χ0v) is 12.0. The molecule has 1 heterocycles. The minimum absolute atomic E-state index is 0.0659. The molecule has 1 aromatic heterocycles. The maximum atomic E-state index is 13.5. The number of halogens is 1. The topological polar surface area (TPSA) is 72.2 Å². The number of benzene rings is 1. The molecular weight excluding hydrogens is 295 g/mol. The van der Waals surface area contributed by atoms with Crippen LogP contribution in [0.15, 0.2) is 35.7 Å². The van der Waals surface area contributed by atoms with Gasteiger partial charge in [0.15, 0.2) is 0 Å². The highest BCUT2D eigenvalue weighted by Gasteiger charge is 2.17. The predicted molar refractivity (Wildman–Crippen MR) is 78.0 cm³/mol. The summed E-state index contributed by atoms with van der Waals surface area (Å²) in [5.74, 6) is -1.47. The van der Waals surface area contributed by atoms with E-state index in [1.54, 1.807) is 11.3 Å². The van der Waals surface area contributed by atoms with E-state index in [2.05, 4.69) is 5.32 Å². The lowest BCUT2D eigenvalue weighted by molar-refractivity contribution is -0.387. The number of hydrogen-bond donors (Lipinski definition) is 1. The Morgan fingerprint density at radius 3 is 2.81 bits per heavy atom. The van der Waals surface area contributed by atoms with Crippen LogP contribution >= 0.6 is 11.3 Å². The first kappa shape index (κ1) is 15.1. The van der Waals surface area contributed by atoms with E-state index in [1.165, 1.54) is 6.07 Å². The Labute approximate surface area is 124 Å². The average molecular weight is 308 g/mol. The number of nitro benzene ring substituents is 1. The van der Waals surface area contributed by atoms with Crippen molar-refractivity contribution in [2.75, 3.05) is 0 Å². The van der Waals surface area contributed by atoms with Gasteiger partial charge in [-0.2, -0.15) is 4.39 Å². The van der Waals surface area contributed by atoms with Crippen LogP contribution in [-0.2, 0) is 6.42 Å². The molecule has 5 nitrogen and oxygen atoms in total. The number of amides is 1. The number of thiophene rings is 1. The predicted octanol–water partition coefficient (Wildman–Crippen LogP) is 3.16. The SMILES string of the molecule is CC(Cc1cccs1)NC(=O)c1ccc([N+](=O)[O-])c(F)c1. The lowest BCUT2D eigenvalue weighted by Crippen LogP contribution is -2.33. The van der Waals surface area contributed by atoms with Gasteiger partial charge < -0.3 is 5.32 Å². The summed E-state index contributed by atoms with van der Waals surface area (Å²) in [6.07, 6.45) is 0.679. The van der Waals surface area contributed by atoms with Crippen LogP contribution in [0.1, 0.15) is 22.2 Å². The highest BCUT2D eigenvalue weighted by Crippen LogP contribution is 2.18. The van der Waals surface area contributed by atoms with Crippen molar-refractivity contribution in [1.82, 2.24) is 5.32 Å². The Hall–Kier alpha value is -2.28. The van der Waals surface area contributed by atoms with Gasteiger partial charge >= 0.3 is 5.69 Å². The Bertz CT molecular complexity index is 658. The van der Waals surface area contributed by atoms with Gasteiger partial charge in [0.05, 0.1) is 4.92 Å². The van der Waals surface area contributed by atoms with Crippen molar-refractivity contribution < 1.29 is 14.1 Å². The molecule has 21 heavy (non-hydrogen) atoms. The van der Waals surface area contributed by atoms with E-state index >= 15 is 0 Å². The van der Waals surface area contributed by atoms with Crippen LogP contribution in [0.2, 0.25) is 0 Å². The van der Waals surface area contributed by atoms with Gasteiger partial charge in [0.2, 0.25) is 5.82 Å². The maximum Gasteiger partial charge on any atom is 0.304 e. The van der Waals surface area contributed by atoms with Gasteiger partial charge in [-0.3, -0.25) is 14.9 Å². The van der Waals surface area contributed by atoms with Gasteiger partial charge in [-0.25, -0.2) is 0 Å². The number of rotatable bonds is 5. The van der Waals surface area contributed by atoms with E-state index in [-0.39, 0.29) is 11.6 Å².